The molecule has 2 aliphatic rings. The Bertz CT molecular complexity index is 785. The summed E-state index contributed by atoms with van der Waals surface area (Å²) in [4.78, 5) is 17.2. The molecular weight excluding hydrogens is 367 g/mol. The summed E-state index contributed by atoms with van der Waals surface area (Å²) in [7, 11) is 0. The first-order chi connectivity index (χ1) is 12.6. The van der Waals surface area contributed by atoms with Crippen LogP contribution in [-0.4, -0.2) is 41.9 Å². The Balaban J connectivity index is 1.28. The number of halogens is 2. The molecule has 2 atom stereocenters. The number of amides is 1. The van der Waals surface area contributed by atoms with Gasteiger partial charge in [0.2, 0.25) is 5.91 Å². The monoisotopic (exact) mass is 388 g/mol. The molecule has 2 aromatic rings. The smallest absolute Gasteiger partial charge is 0.226 e. The van der Waals surface area contributed by atoms with Gasteiger partial charge in [-0.2, -0.15) is 0 Å². The third kappa shape index (κ3) is 4.06. The van der Waals surface area contributed by atoms with Gasteiger partial charge in [-0.1, -0.05) is 47.5 Å². The Morgan fingerprint density at radius 2 is 1.69 bits per heavy atom. The van der Waals surface area contributed by atoms with Crippen molar-refractivity contribution in [1.82, 2.24) is 9.80 Å². The number of benzene rings is 2. The van der Waals surface area contributed by atoms with Crippen LogP contribution in [0.1, 0.15) is 23.5 Å². The maximum atomic E-state index is 12.8. The molecule has 5 heteroatoms. The number of piperazine rings is 1. The fraction of sp³-hybridized carbons (Fsp3) is 0.381. The predicted molar refractivity (Wildman–Crippen MR) is 106 cm³/mol. The van der Waals surface area contributed by atoms with Crippen molar-refractivity contribution in [3.05, 3.63) is 69.7 Å². The molecule has 0 spiro atoms. The zero-order valence-corrected chi connectivity index (χ0v) is 16.1. The SMILES string of the molecule is O=C(C1CC1c1ccc(Cl)cc1)N1CCN(Cc2cccc(Cl)c2)CC1. The summed E-state index contributed by atoms with van der Waals surface area (Å²) in [5.74, 6) is 0.826. The first-order valence-corrected chi connectivity index (χ1v) is 9.87. The van der Waals surface area contributed by atoms with E-state index < -0.39 is 0 Å². The molecule has 2 aromatic carbocycles. The van der Waals surface area contributed by atoms with E-state index in [1.165, 1.54) is 11.1 Å². The molecule has 1 aliphatic heterocycles. The molecule has 1 saturated carbocycles. The fourth-order valence-corrected chi connectivity index (χ4v) is 4.14. The Kier molecular flexibility index (Phi) is 5.21. The highest BCUT2D eigenvalue weighted by atomic mass is 35.5. The minimum Gasteiger partial charge on any atom is -0.340 e. The van der Waals surface area contributed by atoms with E-state index in [1.54, 1.807) is 0 Å². The quantitative estimate of drug-likeness (QED) is 0.772. The van der Waals surface area contributed by atoms with Crippen LogP contribution in [0.15, 0.2) is 48.5 Å². The number of rotatable bonds is 4. The van der Waals surface area contributed by atoms with Crippen molar-refractivity contribution in [1.29, 1.82) is 0 Å². The number of hydrogen-bond acceptors (Lipinski definition) is 2. The molecule has 0 bridgehead atoms. The zero-order valence-electron chi connectivity index (χ0n) is 14.6. The molecule has 3 nitrogen and oxygen atoms in total. The molecule has 26 heavy (non-hydrogen) atoms. The van der Waals surface area contributed by atoms with Gasteiger partial charge in [-0.15, -0.1) is 0 Å². The van der Waals surface area contributed by atoms with Crippen molar-refractivity contribution in [3.63, 3.8) is 0 Å². The van der Waals surface area contributed by atoms with E-state index in [2.05, 4.69) is 11.0 Å². The summed E-state index contributed by atoms with van der Waals surface area (Å²) in [6.07, 6.45) is 0.962. The fourth-order valence-electron chi connectivity index (χ4n) is 3.80. The van der Waals surface area contributed by atoms with Crippen LogP contribution in [0, 0.1) is 5.92 Å². The van der Waals surface area contributed by atoms with Gasteiger partial charge in [0.05, 0.1) is 0 Å². The number of hydrogen-bond donors (Lipinski definition) is 0. The molecule has 1 saturated heterocycles. The maximum Gasteiger partial charge on any atom is 0.226 e. The first-order valence-electron chi connectivity index (χ1n) is 9.11. The van der Waals surface area contributed by atoms with Crippen molar-refractivity contribution in [2.75, 3.05) is 26.2 Å². The van der Waals surface area contributed by atoms with Gasteiger partial charge in [0.15, 0.2) is 0 Å². The zero-order chi connectivity index (χ0) is 18.1. The molecule has 1 aliphatic carbocycles. The molecule has 0 N–H and O–H groups in total. The largest absolute Gasteiger partial charge is 0.340 e. The Morgan fingerprint density at radius 1 is 0.962 bits per heavy atom. The van der Waals surface area contributed by atoms with Gasteiger partial charge >= 0.3 is 0 Å². The molecule has 1 heterocycles. The summed E-state index contributed by atoms with van der Waals surface area (Å²) < 4.78 is 0. The van der Waals surface area contributed by atoms with Crippen molar-refractivity contribution in [2.45, 2.75) is 18.9 Å². The minimum absolute atomic E-state index is 0.149. The van der Waals surface area contributed by atoms with Crippen LogP contribution in [0.3, 0.4) is 0 Å². The summed E-state index contributed by atoms with van der Waals surface area (Å²) in [6, 6.07) is 15.9. The highest BCUT2D eigenvalue weighted by Crippen LogP contribution is 2.48. The van der Waals surface area contributed by atoms with Crippen LogP contribution in [0.2, 0.25) is 10.0 Å². The maximum absolute atomic E-state index is 12.8. The van der Waals surface area contributed by atoms with Gasteiger partial charge in [-0.25, -0.2) is 0 Å². The standard InChI is InChI=1S/C21H22Cl2N2O/c22-17-6-4-16(5-7-17)19-13-20(19)21(26)25-10-8-24(9-11-25)14-15-2-1-3-18(23)12-15/h1-7,12,19-20H,8-11,13-14H2. The van der Waals surface area contributed by atoms with Crippen LogP contribution in [0.4, 0.5) is 0 Å². The van der Waals surface area contributed by atoms with Crippen molar-refractivity contribution in [2.24, 2.45) is 5.92 Å². The predicted octanol–water partition coefficient (Wildman–Crippen LogP) is 4.44. The summed E-state index contributed by atoms with van der Waals surface area (Å²) in [5.41, 5.74) is 2.45. The highest BCUT2D eigenvalue weighted by molar-refractivity contribution is 6.30. The van der Waals surface area contributed by atoms with E-state index in [0.717, 1.165) is 49.2 Å². The third-order valence-corrected chi connectivity index (χ3v) is 5.87. The third-order valence-electron chi connectivity index (χ3n) is 5.38. The van der Waals surface area contributed by atoms with Gasteiger partial charge in [-0.3, -0.25) is 9.69 Å². The Hall–Kier alpha value is -1.55. The van der Waals surface area contributed by atoms with Crippen LogP contribution in [0.5, 0.6) is 0 Å². The van der Waals surface area contributed by atoms with Gasteiger partial charge in [0.1, 0.15) is 0 Å². The van der Waals surface area contributed by atoms with Gasteiger partial charge in [-0.05, 0) is 47.7 Å². The lowest BCUT2D eigenvalue weighted by Crippen LogP contribution is -2.48. The van der Waals surface area contributed by atoms with E-state index >= 15 is 0 Å². The number of nitrogens with zero attached hydrogens (tertiary/aromatic N) is 2. The van der Waals surface area contributed by atoms with Crippen LogP contribution in [0.25, 0.3) is 0 Å². The Morgan fingerprint density at radius 3 is 2.38 bits per heavy atom. The molecule has 0 aromatic heterocycles. The van der Waals surface area contributed by atoms with Crippen LogP contribution >= 0.6 is 23.2 Å². The lowest BCUT2D eigenvalue weighted by Gasteiger charge is -2.35. The summed E-state index contributed by atoms with van der Waals surface area (Å²) >= 11 is 12.0. The van der Waals surface area contributed by atoms with E-state index in [0.29, 0.717) is 11.8 Å². The van der Waals surface area contributed by atoms with E-state index in [4.69, 9.17) is 23.2 Å². The topological polar surface area (TPSA) is 23.6 Å². The van der Waals surface area contributed by atoms with Crippen molar-refractivity contribution < 1.29 is 4.79 Å². The molecule has 1 amide bonds. The average molecular weight is 389 g/mol. The highest BCUT2D eigenvalue weighted by Gasteiger charge is 2.46. The molecule has 2 unspecified atom stereocenters. The van der Waals surface area contributed by atoms with E-state index in [1.807, 2.05) is 47.4 Å². The van der Waals surface area contributed by atoms with E-state index in [9.17, 15) is 4.79 Å². The molecule has 0 radical (unpaired) electrons. The number of carbonyl (C=O) groups is 1. The van der Waals surface area contributed by atoms with Crippen molar-refractivity contribution in [3.8, 4) is 0 Å². The second kappa shape index (κ2) is 7.59. The molecule has 4 rings (SSSR count). The summed E-state index contributed by atoms with van der Waals surface area (Å²) in [6.45, 7) is 4.33. The molecule has 2 fully saturated rings. The second-order valence-electron chi connectivity index (χ2n) is 7.23. The Labute approximate surface area is 164 Å². The lowest BCUT2D eigenvalue weighted by atomic mass is 10.1. The van der Waals surface area contributed by atoms with E-state index in [-0.39, 0.29) is 5.92 Å². The molecule has 136 valence electrons. The van der Waals surface area contributed by atoms with Gasteiger partial charge in [0, 0.05) is 48.7 Å². The number of carbonyl (C=O) groups excluding carboxylic acids is 1. The van der Waals surface area contributed by atoms with Crippen LogP contribution < -0.4 is 0 Å². The van der Waals surface area contributed by atoms with Crippen molar-refractivity contribution >= 4 is 29.1 Å². The lowest BCUT2D eigenvalue weighted by molar-refractivity contribution is -0.134. The second-order valence-corrected chi connectivity index (χ2v) is 8.10. The van der Waals surface area contributed by atoms with Gasteiger partial charge in [0.25, 0.3) is 0 Å². The van der Waals surface area contributed by atoms with Crippen LogP contribution in [-0.2, 0) is 11.3 Å². The van der Waals surface area contributed by atoms with Gasteiger partial charge < -0.3 is 4.90 Å². The normalized spacial score (nSPS) is 23.1. The first kappa shape index (κ1) is 17.8. The average Bonchev–Trinajstić information content (AvgIpc) is 3.43. The minimum atomic E-state index is 0.149. The molecular formula is C21H22Cl2N2O. The summed E-state index contributed by atoms with van der Waals surface area (Å²) in [5, 5.41) is 1.52.